The van der Waals surface area contributed by atoms with Crippen LogP contribution >= 0.6 is 0 Å². The number of ether oxygens (including phenoxy) is 3. The largest absolute Gasteiger partial charge is 0.475 e. The molecule has 9 heteroatoms. The van der Waals surface area contributed by atoms with Gasteiger partial charge in [-0.15, -0.1) is 5.10 Å². The zero-order chi connectivity index (χ0) is 25.5. The number of nitrogens with zero attached hydrogens (tertiary/aromatic N) is 4. The van der Waals surface area contributed by atoms with Crippen molar-refractivity contribution >= 4 is 11.8 Å². The Morgan fingerprint density at radius 3 is 2.39 bits per heavy atom. The fourth-order valence-electron chi connectivity index (χ4n) is 5.44. The fraction of sp³-hybridized carbons (Fsp3) is 0.630. The van der Waals surface area contributed by atoms with Crippen molar-refractivity contribution in [3.8, 4) is 5.88 Å². The number of benzene rings is 1. The van der Waals surface area contributed by atoms with Crippen LogP contribution in [0, 0.1) is 0 Å². The minimum absolute atomic E-state index is 0.222. The summed E-state index contributed by atoms with van der Waals surface area (Å²) < 4.78 is 19.0. The van der Waals surface area contributed by atoms with Crippen molar-refractivity contribution in [2.24, 2.45) is 0 Å². The number of morpholine rings is 1. The lowest BCUT2D eigenvalue weighted by molar-refractivity contribution is -0.0852. The molecule has 36 heavy (non-hydrogen) atoms. The highest BCUT2D eigenvalue weighted by molar-refractivity contribution is 5.87. The molecule has 9 nitrogen and oxygen atoms in total. The molecule has 2 atom stereocenters. The second-order valence-electron chi connectivity index (χ2n) is 10.0. The standard InChI is InChI=1S/C27H40N4O5/c1-20-16-29(17-21(2)36-20)23-10-12-24(13-11-23)31-19-25(26(28-31)35-15-7-14-34-3)30(27(32)33)18-22-8-5-4-6-9-22/h4-6,8-9,19-21,23-24H,7,10-18H2,1-3H3,(H,32,33)/t20-,21+,23-,24-. The molecule has 1 saturated carbocycles. The number of anilines is 1. The first-order valence-electron chi connectivity index (χ1n) is 13.1. The first-order chi connectivity index (χ1) is 17.4. The summed E-state index contributed by atoms with van der Waals surface area (Å²) in [6.07, 6.45) is 6.25. The molecule has 1 saturated heterocycles. The van der Waals surface area contributed by atoms with E-state index in [0.29, 0.717) is 37.2 Å². The van der Waals surface area contributed by atoms with E-state index in [0.717, 1.165) is 44.3 Å². The van der Waals surface area contributed by atoms with E-state index in [1.54, 1.807) is 7.11 Å². The number of hydrogen-bond donors (Lipinski definition) is 1. The zero-order valence-electron chi connectivity index (χ0n) is 21.7. The number of aromatic nitrogens is 2. The Hall–Kier alpha value is -2.62. The summed E-state index contributed by atoms with van der Waals surface area (Å²) in [5, 5.41) is 14.8. The van der Waals surface area contributed by atoms with E-state index in [1.807, 2.05) is 41.2 Å². The van der Waals surface area contributed by atoms with Crippen molar-refractivity contribution in [3.05, 3.63) is 42.1 Å². The van der Waals surface area contributed by atoms with Crippen LogP contribution < -0.4 is 9.64 Å². The Balaban J connectivity index is 1.48. The Labute approximate surface area is 213 Å². The van der Waals surface area contributed by atoms with Crippen molar-refractivity contribution < 1.29 is 24.1 Å². The highest BCUT2D eigenvalue weighted by Gasteiger charge is 2.33. The number of carboxylic acid groups (broad SMARTS) is 1. The third-order valence-corrected chi connectivity index (χ3v) is 7.12. The molecular formula is C27H40N4O5. The summed E-state index contributed by atoms with van der Waals surface area (Å²) in [6.45, 7) is 7.49. The number of hydrogen-bond acceptors (Lipinski definition) is 6. The lowest BCUT2D eigenvalue weighted by Crippen LogP contribution is -2.51. The molecule has 4 rings (SSSR count). The van der Waals surface area contributed by atoms with Crippen LogP contribution in [0.15, 0.2) is 36.5 Å². The molecule has 1 aromatic heterocycles. The Morgan fingerprint density at radius 1 is 1.08 bits per heavy atom. The molecular weight excluding hydrogens is 460 g/mol. The normalized spacial score (nSPS) is 25.0. The van der Waals surface area contributed by atoms with Crippen LogP contribution in [0.25, 0.3) is 0 Å². The first kappa shape index (κ1) is 26.4. The predicted octanol–water partition coefficient (Wildman–Crippen LogP) is 4.58. The number of methoxy groups -OCH3 is 1. The monoisotopic (exact) mass is 500 g/mol. The maximum absolute atomic E-state index is 12.3. The third-order valence-electron chi connectivity index (χ3n) is 7.12. The van der Waals surface area contributed by atoms with Gasteiger partial charge in [-0.2, -0.15) is 0 Å². The molecule has 0 radical (unpaired) electrons. The van der Waals surface area contributed by atoms with Gasteiger partial charge in [-0.05, 0) is 45.1 Å². The average Bonchev–Trinajstić information content (AvgIpc) is 3.29. The Kier molecular flexibility index (Phi) is 9.23. The number of rotatable bonds is 10. The van der Waals surface area contributed by atoms with Gasteiger partial charge in [-0.1, -0.05) is 30.3 Å². The second-order valence-corrected chi connectivity index (χ2v) is 10.0. The highest BCUT2D eigenvalue weighted by atomic mass is 16.5. The summed E-state index contributed by atoms with van der Waals surface area (Å²) >= 11 is 0. The molecule has 1 aromatic carbocycles. The lowest BCUT2D eigenvalue weighted by Gasteiger charge is -2.42. The summed E-state index contributed by atoms with van der Waals surface area (Å²) in [5.41, 5.74) is 1.40. The molecule has 2 aromatic rings. The van der Waals surface area contributed by atoms with Crippen molar-refractivity contribution in [3.63, 3.8) is 0 Å². The molecule has 198 valence electrons. The van der Waals surface area contributed by atoms with E-state index in [2.05, 4.69) is 18.7 Å². The number of carbonyl (C=O) groups is 1. The maximum Gasteiger partial charge on any atom is 0.412 e. The summed E-state index contributed by atoms with van der Waals surface area (Å²) in [4.78, 5) is 16.2. The van der Waals surface area contributed by atoms with Crippen molar-refractivity contribution in [2.45, 2.75) is 76.8 Å². The van der Waals surface area contributed by atoms with Crippen LogP contribution in [-0.4, -0.2) is 77.5 Å². The van der Waals surface area contributed by atoms with Gasteiger partial charge >= 0.3 is 6.09 Å². The molecule has 2 aliphatic rings. The maximum atomic E-state index is 12.3. The summed E-state index contributed by atoms with van der Waals surface area (Å²) in [5.74, 6) is 0.363. The average molecular weight is 501 g/mol. The quantitative estimate of drug-likeness (QED) is 0.478. The van der Waals surface area contributed by atoms with Gasteiger partial charge in [0.15, 0.2) is 0 Å². The van der Waals surface area contributed by atoms with Crippen LogP contribution in [-0.2, 0) is 16.0 Å². The molecule has 0 spiro atoms. The first-order valence-corrected chi connectivity index (χ1v) is 13.1. The van der Waals surface area contributed by atoms with Crippen molar-refractivity contribution in [2.75, 3.05) is 38.3 Å². The van der Waals surface area contributed by atoms with Crippen molar-refractivity contribution in [1.29, 1.82) is 0 Å². The molecule has 2 fully saturated rings. The second kappa shape index (κ2) is 12.6. The summed E-state index contributed by atoms with van der Waals surface area (Å²) in [6, 6.07) is 10.4. The lowest BCUT2D eigenvalue weighted by atomic mass is 9.89. The minimum atomic E-state index is -1.03. The molecule has 0 unspecified atom stereocenters. The van der Waals surface area contributed by atoms with Crippen LogP contribution in [0.5, 0.6) is 5.88 Å². The van der Waals surface area contributed by atoms with Gasteiger partial charge in [-0.3, -0.25) is 14.5 Å². The number of amides is 1. The summed E-state index contributed by atoms with van der Waals surface area (Å²) in [7, 11) is 1.65. The SMILES string of the molecule is COCCCOc1nn([C@H]2CC[C@H](N3C[C@@H](C)O[C@@H](C)C3)CC2)cc1N(Cc1ccccc1)C(=O)O. The zero-order valence-corrected chi connectivity index (χ0v) is 21.7. The van der Waals surface area contributed by atoms with E-state index < -0.39 is 6.09 Å². The topological polar surface area (TPSA) is 89.3 Å². The van der Waals surface area contributed by atoms with Gasteiger partial charge in [0.2, 0.25) is 0 Å². The van der Waals surface area contributed by atoms with Crippen LogP contribution in [0.1, 0.15) is 57.6 Å². The fourth-order valence-corrected chi connectivity index (χ4v) is 5.44. The molecule has 1 aliphatic carbocycles. The van der Waals surface area contributed by atoms with Gasteiger partial charge in [0, 0.05) is 39.3 Å². The molecule has 0 bridgehead atoms. The Bertz CT molecular complexity index is 950. The van der Waals surface area contributed by atoms with E-state index in [4.69, 9.17) is 19.3 Å². The van der Waals surface area contributed by atoms with Crippen LogP contribution in [0.4, 0.5) is 10.5 Å². The van der Waals surface area contributed by atoms with Gasteiger partial charge in [-0.25, -0.2) is 4.79 Å². The van der Waals surface area contributed by atoms with E-state index in [-0.39, 0.29) is 24.8 Å². The van der Waals surface area contributed by atoms with E-state index >= 15 is 0 Å². The van der Waals surface area contributed by atoms with Gasteiger partial charge in [0.25, 0.3) is 5.88 Å². The molecule has 2 heterocycles. The predicted molar refractivity (Wildman–Crippen MR) is 138 cm³/mol. The van der Waals surface area contributed by atoms with Gasteiger partial charge in [0.1, 0.15) is 5.69 Å². The molecule has 1 N–H and O–H groups in total. The van der Waals surface area contributed by atoms with Gasteiger partial charge < -0.3 is 19.3 Å². The minimum Gasteiger partial charge on any atom is -0.475 e. The van der Waals surface area contributed by atoms with Crippen LogP contribution in [0.2, 0.25) is 0 Å². The Morgan fingerprint density at radius 2 is 1.75 bits per heavy atom. The highest BCUT2D eigenvalue weighted by Crippen LogP contribution is 2.36. The smallest absolute Gasteiger partial charge is 0.412 e. The van der Waals surface area contributed by atoms with E-state index in [9.17, 15) is 9.90 Å². The van der Waals surface area contributed by atoms with E-state index in [1.165, 1.54) is 4.90 Å². The van der Waals surface area contributed by atoms with Gasteiger partial charge in [0.05, 0.1) is 37.6 Å². The molecule has 1 aliphatic heterocycles. The van der Waals surface area contributed by atoms with Crippen molar-refractivity contribution in [1.82, 2.24) is 14.7 Å². The van der Waals surface area contributed by atoms with Crippen LogP contribution in [0.3, 0.4) is 0 Å². The third kappa shape index (κ3) is 6.78. The molecule has 1 amide bonds.